The summed E-state index contributed by atoms with van der Waals surface area (Å²) in [6.07, 6.45) is 50.0. The van der Waals surface area contributed by atoms with Gasteiger partial charge in [-0.15, -0.1) is 0 Å². The molecule has 0 bridgehead atoms. The second-order valence-corrected chi connectivity index (χ2v) is 12.5. The largest absolute Gasteiger partial charge is 0.462 e. The fraction of sp³-hybridized carbons (Fsp3) is 0.578. The van der Waals surface area contributed by atoms with Crippen molar-refractivity contribution in [2.24, 2.45) is 0 Å². The Balaban J connectivity index is 4.57. The molecule has 0 aromatic rings. The fourth-order valence-corrected chi connectivity index (χ4v) is 4.73. The van der Waals surface area contributed by atoms with Crippen LogP contribution in [0.3, 0.4) is 0 Å². The molecule has 286 valence electrons. The lowest BCUT2D eigenvalue weighted by molar-refractivity contribution is -0.166. The van der Waals surface area contributed by atoms with Gasteiger partial charge in [-0.2, -0.15) is 0 Å². The Hall–Kier alpha value is -3.67. The van der Waals surface area contributed by atoms with Crippen molar-refractivity contribution in [2.75, 3.05) is 13.2 Å². The smallest absolute Gasteiger partial charge is 0.309 e. The number of allylic oxidation sites excluding steroid dienone is 15. The van der Waals surface area contributed by atoms with Gasteiger partial charge in [0.25, 0.3) is 0 Å². The van der Waals surface area contributed by atoms with E-state index in [-0.39, 0.29) is 38.0 Å². The molecule has 0 radical (unpaired) electrons. The maximum absolute atomic E-state index is 12.6. The van der Waals surface area contributed by atoms with Gasteiger partial charge in [-0.05, 0) is 70.6 Å². The summed E-state index contributed by atoms with van der Waals surface area (Å²) in [4.78, 5) is 37.4. The van der Waals surface area contributed by atoms with E-state index in [4.69, 9.17) is 14.2 Å². The van der Waals surface area contributed by atoms with Gasteiger partial charge >= 0.3 is 17.9 Å². The van der Waals surface area contributed by atoms with Crippen LogP contribution in [0.5, 0.6) is 0 Å². The van der Waals surface area contributed by atoms with Crippen LogP contribution in [0.1, 0.15) is 149 Å². The van der Waals surface area contributed by atoms with Crippen LogP contribution in [0.4, 0.5) is 0 Å². The van der Waals surface area contributed by atoms with Crippen LogP contribution in [-0.2, 0) is 28.6 Å². The number of hydrogen-bond acceptors (Lipinski definition) is 6. The van der Waals surface area contributed by atoms with E-state index >= 15 is 0 Å². The number of rotatable bonds is 33. The number of esters is 3. The van der Waals surface area contributed by atoms with Crippen LogP contribution in [0.2, 0.25) is 0 Å². The maximum atomic E-state index is 12.6. The fourth-order valence-electron chi connectivity index (χ4n) is 4.73. The third-order valence-electron chi connectivity index (χ3n) is 7.68. The molecule has 0 rings (SSSR count). The summed E-state index contributed by atoms with van der Waals surface area (Å²) in [5.74, 6) is -1.12. The zero-order valence-corrected chi connectivity index (χ0v) is 32.3. The molecule has 0 saturated heterocycles. The van der Waals surface area contributed by atoms with E-state index in [1.54, 1.807) is 6.08 Å². The summed E-state index contributed by atoms with van der Waals surface area (Å²) >= 11 is 0. The molecule has 0 aliphatic heterocycles. The molecule has 1 unspecified atom stereocenters. The van der Waals surface area contributed by atoms with E-state index in [1.807, 2.05) is 42.5 Å². The maximum Gasteiger partial charge on any atom is 0.309 e. The molecule has 0 aliphatic carbocycles. The summed E-state index contributed by atoms with van der Waals surface area (Å²) in [6.45, 7) is 6.15. The number of carbonyl (C=O) groups excluding carboxylic acids is 3. The zero-order valence-electron chi connectivity index (χ0n) is 32.3. The number of ether oxygens (including phenoxy) is 3. The summed E-state index contributed by atoms with van der Waals surface area (Å²) < 4.78 is 16.4. The van der Waals surface area contributed by atoms with Crippen molar-refractivity contribution in [3.63, 3.8) is 0 Å². The Morgan fingerprint density at radius 1 is 0.451 bits per heavy atom. The number of unbranched alkanes of at least 4 members (excludes halogenated alkanes) is 10. The predicted molar refractivity (Wildman–Crippen MR) is 214 cm³/mol. The van der Waals surface area contributed by atoms with Crippen LogP contribution in [0.25, 0.3) is 0 Å². The molecule has 0 N–H and O–H groups in total. The van der Waals surface area contributed by atoms with Gasteiger partial charge in [0.05, 0.1) is 6.42 Å². The van der Waals surface area contributed by atoms with Crippen molar-refractivity contribution >= 4 is 17.9 Å². The van der Waals surface area contributed by atoms with Crippen molar-refractivity contribution in [1.29, 1.82) is 0 Å². The highest BCUT2D eigenvalue weighted by atomic mass is 16.6. The average Bonchev–Trinajstić information content (AvgIpc) is 3.12. The molecule has 0 fully saturated rings. The van der Waals surface area contributed by atoms with Crippen molar-refractivity contribution in [3.8, 4) is 0 Å². The number of hydrogen-bond donors (Lipinski definition) is 0. The van der Waals surface area contributed by atoms with E-state index in [1.165, 1.54) is 19.3 Å². The summed E-state index contributed by atoms with van der Waals surface area (Å²) in [7, 11) is 0. The van der Waals surface area contributed by atoms with Gasteiger partial charge in [-0.3, -0.25) is 14.4 Å². The SMILES string of the molecule is CC\C=C/C=C\C=C/C=C\CCCCCC(=O)OCC(COC(=O)C/C=C\C/C=C\C/C=C\CC)OC(=O)CCCCCCC/C=C\CCCC. The van der Waals surface area contributed by atoms with Crippen molar-refractivity contribution < 1.29 is 28.6 Å². The molecule has 1 atom stereocenters. The molecule has 6 nitrogen and oxygen atoms in total. The molecule has 51 heavy (non-hydrogen) atoms. The van der Waals surface area contributed by atoms with Gasteiger partial charge in [-0.1, -0.05) is 157 Å². The first-order chi connectivity index (χ1) is 25.0. The lowest BCUT2D eigenvalue weighted by atomic mass is 10.1. The first-order valence-electron chi connectivity index (χ1n) is 19.8. The molecular formula is C45H70O6. The van der Waals surface area contributed by atoms with Gasteiger partial charge in [0.15, 0.2) is 6.10 Å². The molecule has 0 aromatic carbocycles. The van der Waals surface area contributed by atoms with Gasteiger partial charge in [0.2, 0.25) is 0 Å². The third kappa shape index (κ3) is 37.4. The number of carbonyl (C=O) groups is 3. The zero-order chi connectivity index (χ0) is 37.3. The van der Waals surface area contributed by atoms with E-state index in [0.29, 0.717) is 6.42 Å². The highest BCUT2D eigenvalue weighted by Crippen LogP contribution is 2.11. The molecular weight excluding hydrogens is 636 g/mol. The van der Waals surface area contributed by atoms with Crippen LogP contribution in [0.15, 0.2) is 97.2 Å². The normalized spacial score (nSPS) is 13.1. The van der Waals surface area contributed by atoms with Crippen LogP contribution in [-0.4, -0.2) is 37.2 Å². The lowest BCUT2D eigenvalue weighted by Gasteiger charge is -2.18. The summed E-state index contributed by atoms with van der Waals surface area (Å²) in [5.41, 5.74) is 0. The van der Waals surface area contributed by atoms with E-state index in [9.17, 15) is 14.4 Å². The first-order valence-corrected chi connectivity index (χ1v) is 19.8. The molecule has 0 saturated carbocycles. The minimum atomic E-state index is -0.830. The Kier molecular flexibility index (Phi) is 36.3. The van der Waals surface area contributed by atoms with Gasteiger partial charge in [0.1, 0.15) is 13.2 Å². The molecule has 0 aliphatic rings. The average molecular weight is 707 g/mol. The van der Waals surface area contributed by atoms with Gasteiger partial charge in [0, 0.05) is 12.8 Å². The van der Waals surface area contributed by atoms with Gasteiger partial charge in [-0.25, -0.2) is 0 Å². The lowest BCUT2D eigenvalue weighted by Crippen LogP contribution is -2.30. The predicted octanol–water partition coefficient (Wildman–Crippen LogP) is 12.3. The minimum absolute atomic E-state index is 0.123. The monoisotopic (exact) mass is 707 g/mol. The molecule has 0 heterocycles. The Morgan fingerprint density at radius 3 is 1.61 bits per heavy atom. The highest BCUT2D eigenvalue weighted by Gasteiger charge is 2.19. The molecule has 0 aromatic heterocycles. The topological polar surface area (TPSA) is 78.9 Å². The molecule has 0 amide bonds. The highest BCUT2D eigenvalue weighted by molar-refractivity contribution is 5.72. The van der Waals surface area contributed by atoms with Gasteiger partial charge < -0.3 is 14.2 Å². The summed E-state index contributed by atoms with van der Waals surface area (Å²) in [6, 6.07) is 0. The standard InChI is InChI=1S/C45H70O6/c1-4-7-10-13-16-19-21-22-24-26-29-32-35-38-44(47)50-41-42(40-49-43(46)37-34-31-28-25-18-15-12-9-6-3)51-45(48)39-36-33-30-27-23-20-17-14-11-8-5-2/h7,9-10,12-14,16-19,21-22,24-25,31,34,42H,4-6,8,11,15,20,23,26-30,32-33,35-41H2,1-3H3/b10-7-,12-9-,16-13-,17-14-,21-19-,24-22-,25-18-,34-31-. The van der Waals surface area contributed by atoms with Crippen molar-refractivity contribution in [3.05, 3.63) is 97.2 Å². The van der Waals surface area contributed by atoms with Crippen molar-refractivity contribution in [1.82, 2.24) is 0 Å². The third-order valence-corrected chi connectivity index (χ3v) is 7.68. The van der Waals surface area contributed by atoms with E-state index < -0.39 is 12.1 Å². The van der Waals surface area contributed by atoms with Crippen LogP contribution in [0, 0.1) is 0 Å². The first kappa shape index (κ1) is 47.3. The second kappa shape index (κ2) is 39.1. The Bertz CT molecular complexity index is 1090. The second-order valence-electron chi connectivity index (χ2n) is 12.5. The molecule has 6 heteroatoms. The Labute approximate surface area is 311 Å². The minimum Gasteiger partial charge on any atom is -0.462 e. The summed E-state index contributed by atoms with van der Waals surface area (Å²) in [5, 5.41) is 0. The van der Waals surface area contributed by atoms with Crippen LogP contribution >= 0.6 is 0 Å². The van der Waals surface area contributed by atoms with Crippen LogP contribution < -0.4 is 0 Å². The Morgan fingerprint density at radius 2 is 0.941 bits per heavy atom. The molecule has 0 spiro atoms. The quantitative estimate of drug-likeness (QED) is 0.0222. The van der Waals surface area contributed by atoms with E-state index in [2.05, 4.69) is 69.4 Å². The van der Waals surface area contributed by atoms with E-state index in [0.717, 1.165) is 89.9 Å². The van der Waals surface area contributed by atoms with Crippen molar-refractivity contribution in [2.45, 2.75) is 155 Å².